The van der Waals surface area contributed by atoms with E-state index in [2.05, 4.69) is 10.6 Å². The van der Waals surface area contributed by atoms with Crippen molar-refractivity contribution in [1.82, 2.24) is 5.32 Å². The van der Waals surface area contributed by atoms with Gasteiger partial charge in [-0.15, -0.1) is 11.3 Å². The zero-order valence-electron chi connectivity index (χ0n) is 9.83. The van der Waals surface area contributed by atoms with Crippen LogP contribution in [0.5, 0.6) is 0 Å². The molecule has 0 atom stereocenters. The van der Waals surface area contributed by atoms with Crippen LogP contribution in [-0.2, 0) is 9.84 Å². The molecule has 0 fully saturated rings. The van der Waals surface area contributed by atoms with Gasteiger partial charge in [-0.25, -0.2) is 8.42 Å². The number of nitrogen functional groups attached to an aromatic ring is 1. The molecule has 0 radical (unpaired) electrons. The molecule has 0 saturated heterocycles. The molecule has 0 bridgehead atoms. The van der Waals surface area contributed by atoms with Gasteiger partial charge in [-0.1, -0.05) is 0 Å². The fourth-order valence-electron chi connectivity index (χ4n) is 1.36. The van der Waals surface area contributed by atoms with Gasteiger partial charge in [0.2, 0.25) is 0 Å². The molecule has 0 aromatic carbocycles. The Kier molecular flexibility index (Phi) is 3.99. The second-order valence-corrected chi connectivity index (χ2v) is 6.36. The summed E-state index contributed by atoms with van der Waals surface area (Å²) in [4.78, 5) is 11.7. The van der Waals surface area contributed by atoms with Gasteiger partial charge in [-0.2, -0.15) is 0 Å². The highest BCUT2D eigenvalue weighted by molar-refractivity contribution is 7.91. The summed E-state index contributed by atoms with van der Waals surface area (Å²) in [6.45, 7) is 2.39. The summed E-state index contributed by atoms with van der Waals surface area (Å²) in [5.74, 6) is -0.387. The van der Waals surface area contributed by atoms with Crippen LogP contribution in [0.3, 0.4) is 0 Å². The molecule has 0 aliphatic heterocycles. The second kappa shape index (κ2) is 4.92. The van der Waals surface area contributed by atoms with Gasteiger partial charge in [0.1, 0.15) is 14.8 Å². The van der Waals surface area contributed by atoms with Crippen molar-refractivity contribution < 1.29 is 13.2 Å². The SMILES string of the molecule is CCNc1sc(C(=O)NC)c(N)c1S(C)(=O)=O. The van der Waals surface area contributed by atoms with Crippen LogP contribution in [0.15, 0.2) is 4.90 Å². The molecule has 4 N–H and O–H groups in total. The summed E-state index contributed by atoms with van der Waals surface area (Å²) in [5.41, 5.74) is 5.73. The van der Waals surface area contributed by atoms with E-state index in [1.54, 1.807) is 0 Å². The van der Waals surface area contributed by atoms with Crippen LogP contribution in [0, 0.1) is 0 Å². The summed E-state index contributed by atoms with van der Waals surface area (Å²) in [6.07, 6.45) is 1.07. The Labute approximate surface area is 104 Å². The van der Waals surface area contributed by atoms with Crippen LogP contribution in [0.1, 0.15) is 16.6 Å². The normalized spacial score (nSPS) is 11.2. The molecule has 96 valence electrons. The molecule has 1 amide bonds. The van der Waals surface area contributed by atoms with Crippen molar-refractivity contribution in [3.8, 4) is 0 Å². The van der Waals surface area contributed by atoms with Crippen LogP contribution in [0.25, 0.3) is 0 Å². The third-order valence-corrected chi connectivity index (χ3v) is 4.50. The third-order valence-electron chi connectivity index (χ3n) is 2.04. The van der Waals surface area contributed by atoms with Crippen molar-refractivity contribution in [2.45, 2.75) is 11.8 Å². The Morgan fingerprint density at radius 1 is 1.47 bits per heavy atom. The van der Waals surface area contributed by atoms with E-state index in [-0.39, 0.29) is 21.4 Å². The lowest BCUT2D eigenvalue weighted by Gasteiger charge is -2.03. The van der Waals surface area contributed by atoms with Crippen molar-refractivity contribution >= 4 is 37.8 Å². The summed E-state index contributed by atoms with van der Waals surface area (Å²) >= 11 is 1.04. The summed E-state index contributed by atoms with van der Waals surface area (Å²) in [5, 5.41) is 5.74. The number of rotatable bonds is 4. The van der Waals surface area contributed by atoms with E-state index in [0.29, 0.717) is 11.5 Å². The lowest BCUT2D eigenvalue weighted by molar-refractivity contribution is 0.0968. The van der Waals surface area contributed by atoms with Gasteiger partial charge in [0.25, 0.3) is 5.91 Å². The molecule has 6 nitrogen and oxygen atoms in total. The van der Waals surface area contributed by atoms with Gasteiger partial charge in [-0.3, -0.25) is 4.79 Å². The fraction of sp³-hybridized carbons (Fsp3) is 0.444. The summed E-state index contributed by atoms with van der Waals surface area (Å²) in [6, 6.07) is 0. The Morgan fingerprint density at radius 3 is 2.47 bits per heavy atom. The first-order chi connectivity index (χ1) is 7.82. The smallest absolute Gasteiger partial charge is 0.263 e. The fourth-order valence-corrected chi connectivity index (χ4v) is 3.94. The number of hydrogen-bond acceptors (Lipinski definition) is 6. The van der Waals surface area contributed by atoms with E-state index in [0.717, 1.165) is 17.6 Å². The second-order valence-electron chi connectivity index (χ2n) is 3.38. The Morgan fingerprint density at radius 2 is 2.06 bits per heavy atom. The van der Waals surface area contributed by atoms with Gasteiger partial charge >= 0.3 is 0 Å². The predicted molar refractivity (Wildman–Crippen MR) is 69.4 cm³/mol. The number of nitrogens with two attached hydrogens (primary N) is 1. The minimum atomic E-state index is -3.46. The number of hydrogen-bond donors (Lipinski definition) is 3. The van der Waals surface area contributed by atoms with Crippen LogP contribution in [0.4, 0.5) is 10.7 Å². The van der Waals surface area contributed by atoms with Gasteiger partial charge in [0.05, 0.1) is 5.69 Å². The Bertz CT molecular complexity index is 534. The number of sulfone groups is 1. The van der Waals surface area contributed by atoms with Crippen LogP contribution in [0.2, 0.25) is 0 Å². The number of thiophene rings is 1. The number of carbonyl (C=O) groups is 1. The van der Waals surface area contributed by atoms with Crippen molar-refractivity contribution in [2.24, 2.45) is 0 Å². The molecule has 0 spiro atoms. The van der Waals surface area contributed by atoms with E-state index in [9.17, 15) is 13.2 Å². The van der Waals surface area contributed by atoms with Gasteiger partial charge < -0.3 is 16.4 Å². The first-order valence-electron chi connectivity index (χ1n) is 4.91. The first kappa shape index (κ1) is 13.8. The molecule has 8 heteroatoms. The zero-order valence-corrected chi connectivity index (χ0v) is 11.5. The maximum atomic E-state index is 11.6. The predicted octanol–water partition coefficient (Wildman–Crippen LogP) is 0.525. The maximum absolute atomic E-state index is 11.6. The molecule has 1 heterocycles. The number of amides is 1. The minimum absolute atomic E-state index is 0.00273. The highest BCUT2D eigenvalue weighted by Crippen LogP contribution is 2.38. The van der Waals surface area contributed by atoms with E-state index in [1.807, 2.05) is 6.92 Å². The van der Waals surface area contributed by atoms with Crippen molar-refractivity contribution in [2.75, 3.05) is 30.9 Å². The molecule has 1 aromatic rings. The van der Waals surface area contributed by atoms with Crippen molar-refractivity contribution in [3.63, 3.8) is 0 Å². The Hall–Kier alpha value is -1.28. The lowest BCUT2D eigenvalue weighted by Crippen LogP contribution is -2.18. The molecule has 1 aromatic heterocycles. The van der Waals surface area contributed by atoms with Gasteiger partial charge in [0, 0.05) is 19.8 Å². The quantitative estimate of drug-likeness (QED) is 0.745. The number of anilines is 2. The topological polar surface area (TPSA) is 101 Å². The van der Waals surface area contributed by atoms with E-state index < -0.39 is 9.84 Å². The molecule has 0 saturated carbocycles. The number of carbonyl (C=O) groups excluding carboxylic acids is 1. The van der Waals surface area contributed by atoms with E-state index in [4.69, 9.17) is 5.73 Å². The molecule has 0 aliphatic carbocycles. The molecular formula is C9H15N3O3S2. The van der Waals surface area contributed by atoms with E-state index in [1.165, 1.54) is 7.05 Å². The molecule has 0 aliphatic rings. The zero-order chi connectivity index (χ0) is 13.2. The summed E-state index contributed by atoms with van der Waals surface area (Å²) < 4.78 is 23.3. The largest absolute Gasteiger partial charge is 0.396 e. The van der Waals surface area contributed by atoms with Crippen LogP contribution < -0.4 is 16.4 Å². The average Bonchev–Trinajstić information content (AvgIpc) is 2.54. The van der Waals surface area contributed by atoms with Crippen molar-refractivity contribution in [3.05, 3.63) is 4.88 Å². The molecule has 0 unspecified atom stereocenters. The first-order valence-corrected chi connectivity index (χ1v) is 7.62. The number of nitrogens with one attached hydrogen (secondary N) is 2. The summed E-state index contributed by atoms with van der Waals surface area (Å²) in [7, 11) is -2.00. The molecular weight excluding hydrogens is 262 g/mol. The highest BCUT2D eigenvalue weighted by Gasteiger charge is 2.26. The Balaban J connectivity index is 3.46. The monoisotopic (exact) mass is 277 g/mol. The average molecular weight is 277 g/mol. The standard InChI is InChI=1S/C9H15N3O3S2/c1-4-12-9-7(17(3,14)15)5(10)6(16-9)8(13)11-2/h12H,4,10H2,1-3H3,(H,11,13). The van der Waals surface area contributed by atoms with Crippen LogP contribution in [-0.4, -0.2) is 34.2 Å². The molecule has 1 rings (SSSR count). The van der Waals surface area contributed by atoms with E-state index >= 15 is 0 Å². The minimum Gasteiger partial charge on any atom is -0.396 e. The third kappa shape index (κ3) is 2.70. The maximum Gasteiger partial charge on any atom is 0.263 e. The van der Waals surface area contributed by atoms with Gasteiger partial charge in [0.15, 0.2) is 9.84 Å². The highest BCUT2D eigenvalue weighted by atomic mass is 32.2. The van der Waals surface area contributed by atoms with Gasteiger partial charge in [-0.05, 0) is 6.92 Å². The van der Waals surface area contributed by atoms with Crippen molar-refractivity contribution in [1.29, 1.82) is 0 Å². The van der Waals surface area contributed by atoms with Crippen LogP contribution >= 0.6 is 11.3 Å². The lowest BCUT2D eigenvalue weighted by atomic mass is 10.3. The molecule has 17 heavy (non-hydrogen) atoms.